The third-order valence-electron chi connectivity index (χ3n) is 6.54. The molecular weight excluding hydrogens is 406 g/mol. The molecule has 0 N–H and O–H groups in total. The molecule has 0 spiro atoms. The Morgan fingerprint density at radius 2 is 1.81 bits per heavy atom. The highest BCUT2D eigenvalue weighted by molar-refractivity contribution is 5.87. The fraction of sp³-hybridized carbons (Fsp3) is 0.375. The Balaban J connectivity index is 1.30. The van der Waals surface area contributed by atoms with Gasteiger partial charge in [0.1, 0.15) is 5.69 Å². The van der Waals surface area contributed by atoms with Crippen molar-refractivity contribution >= 4 is 22.1 Å². The van der Waals surface area contributed by atoms with E-state index in [0.717, 1.165) is 67.5 Å². The van der Waals surface area contributed by atoms with E-state index in [9.17, 15) is 4.79 Å². The highest BCUT2D eigenvalue weighted by atomic mass is 16.5. The molecule has 2 aliphatic rings. The average Bonchev–Trinajstić information content (AvgIpc) is 3.17. The van der Waals surface area contributed by atoms with Crippen LogP contribution in [0, 0.1) is 13.8 Å². The normalized spacial score (nSPS) is 17.9. The molecule has 0 bridgehead atoms. The minimum atomic E-state index is -0.340. The van der Waals surface area contributed by atoms with Crippen LogP contribution in [0.15, 0.2) is 45.9 Å². The Bertz CT molecular complexity index is 1380. The highest BCUT2D eigenvalue weighted by Crippen LogP contribution is 2.26. The molecule has 3 aromatic heterocycles. The Morgan fingerprint density at radius 1 is 1.00 bits per heavy atom. The Morgan fingerprint density at radius 3 is 2.56 bits per heavy atom. The Labute approximate surface area is 185 Å². The van der Waals surface area contributed by atoms with Gasteiger partial charge in [-0.3, -0.25) is 9.88 Å². The second-order valence-corrected chi connectivity index (χ2v) is 8.71. The van der Waals surface area contributed by atoms with Gasteiger partial charge in [-0.1, -0.05) is 6.07 Å². The molecule has 2 aliphatic heterocycles. The lowest BCUT2D eigenvalue weighted by atomic mass is 10.1. The number of anilines is 1. The zero-order valence-corrected chi connectivity index (χ0v) is 18.2. The van der Waals surface area contributed by atoms with E-state index >= 15 is 0 Å². The van der Waals surface area contributed by atoms with Crippen LogP contribution in [0.4, 0.5) is 5.69 Å². The number of benzene rings is 1. The van der Waals surface area contributed by atoms with Crippen LogP contribution in [-0.4, -0.2) is 64.7 Å². The summed E-state index contributed by atoms with van der Waals surface area (Å²) in [6, 6.07) is 8.52. The van der Waals surface area contributed by atoms with E-state index in [1.54, 1.807) is 0 Å². The molecule has 0 aliphatic carbocycles. The maximum Gasteiger partial charge on any atom is 0.344 e. The molecule has 8 nitrogen and oxygen atoms in total. The van der Waals surface area contributed by atoms with Gasteiger partial charge in [-0.2, -0.15) is 0 Å². The molecule has 32 heavy (non-hydrogen) atoms. The molecule has 6 rings (SSSR count). The number of aryl methyl sites for hydroxylation is 2. The third kappa shape index (κ3) is 3.27. The molecular formula is C24H25N5O3. The summed E-state index contributed by atoms with van der Waals surface area (Å²) < 4.78 is 12.9. The van der Waals surface area contributed by atoms with E-state index in [2.05, 4.69) is 25.8 Å². The smallest absolute Gasteiger partial charge is 0.344 e. The topological polar surface area (TPSA) is 76.1 Å². The average molecular weight is 431 g/mol. The van der Waals surface area contributed by atoms with Crippen molar-refractivity contribution in [3.05, 3.63) is 58.5 Å². The van der Waals surface area contributed by atoms with Crippen LogP contribution in [0.1, 0.15) is 11.4 Å². The van der Waals surface area contributed by atoms with Crippen molar-refractivity contribution in [2.75, 3.05) is 44.3 Å². The lowest BCUT2D eigenvalue weighted by Crippen LogP contribution is -2.56. The zero-order chi connectivity index (χ0) is 21.8. The van der Waals surface area contributed by atoms with Gasteiger partial charge in [-0.25, -0.2) is 9.78 Å². The SMILES string of the molecule is Cc1cn2cc(-c3cc4ccc(N5CCN(C6COC6)CC5)cc4c(=O)o3)nc2c(C)n1. The predicted octanol–water partition coefficient (Wildman–Crippen LogP) is 2.64. The number of hydrogen-bond donors (Lipinski definition) is 0. The monoisotopic (exact) mass is 431 g/mol. The third-order valence-corrected chi connectivity index (χ3v) is 6.54. The molecule has 0 atom stereocenters. The van der Waals surface area contributed by atoms with Crippen LogP contribution < -0.4 is 10.5 Å². The minimum Gasteiger partial charge on any atom is -0.421 e. The Hall–Kier alpha value is -3.23. The van der Waals surface area contributed by atoms with E-state index in [1.807, 2.05) is 48.8 Å². The van der Waals surface area contributed by atoms with Crippen LogP contribution in [0.2, 0.25) is 0 Å². The van der Waals surface area contributed by atoms with Gasteiger partial charge in [0.2, 0.25) is 0 Å². The van der Waals surface area contributed by atoms with Crippen LogP contribution in [0.25, 0.3) is 27.9 Å². The molecule has 0 radical (unpaired) electrons. The number of aromatic nitrogens is 3. The molecule has 0 unspecified atom stereocenters. The fourth-order valence-electron chi connectivity index (χ4n) is 4.70. The second kappa shape index (κ2) is 7.43. The predicted molar refractivity (Wildman–Crippen MR) is 122 cm³/mol. The van der Waals surface area contributed by atoms with Crippen molar-refractivity contribution in [1.82, 2.24) is 19.3 Å². The van der Waals surface area contributed by atoms with Crippen molar-refractivity contribution in [1.29, 1.82) is 0 Å². The van der Waals surface area contributed by atoms with Crippen LogP contribution in [-0.2, 0) is 4.74 Å². The second-order valence-electron chi connectivity index (χ2n) is 8.71. The number of imidazole rings is 1. The number of piperazine rings is 1. The highest BCUT2D eigenvalue weighted by Gasteiger charge is 2.29. The number of rotatable bonds is 3. The number of fused-ring (bicyclic) bond motifs is 2. The van der Waals surface area contributed by atoms with E-state index < -0.39 is 0 Å². The first-order valence-electron chi connectivity index (χ1n) is 11.0. The van der Waals surface area contributed by atoms with Gasteiger partial charge in [-0.15, -0.1) is 0 Å². The number of hydrogen-bond acceptors (Lipinski definition) is 7. The molecule has 0 amide bonds. The van der Waals surface area contributed by atoms with Crippen LogP contribution in [0.5, 0.6) is 0 Å². The molecule has 2 fully saturated rings. The van der Waals surface area contributed by atoms with Crippen molar-refractivity contribution < 1.29 is 9.15 Å². The first kappa shape index (κ1) is 19.5. The van der Waals surface area contributed by atoms with Crippen molar-refractivity contribution in [2.45, 2.75) is 19.9 Å². The first-order chi connectivity index (χ1) is 15.5. The molecule has 8 heteroatoms. The first-order valence-corrected chi connectivity index (χ1v) is 11.0. The van der Waals surface area contributed by atoms with Gasteiger partial charge < -0.3 is 18.5 Å². The van der Waals surface area contributed by atoms with Crippen molar-refractivity contribution in [2.24, 2.45) is 0 Å². The molecule has 2 saturated heterocycles. The standard InChI is InChI=1S/C24H25N5O3/c1-15-11-29-12-21(26-23(29)16(2)25-15)22-9-17-3-4-18(10-20(17)24(30)32-22)27-5-7-28(8-6-27)19-13-31-14-19/h3-4,9-12,19H,5-8,13-14H2,1-2H3. The summed E-state index contributed by atoms with van der Waals surface area (Å²) in [5, 5.41) is 1.45. The molecule has 1 aromatic carbocycles. The van der Waals surface area contributed by atoms with Crippen LogP contribution in [0.3, 0.4) is 0 Å². The van der Waals surface area contributed by atoms with Crippen LogP contribution >= 0.6 is 0 Å². The summed E-state index contributed by atoms with van der Waals surface area (Å²) in [6.07, 6.45) is 3.80. The summed E-state index contributed by atoms with van der Waals surface area (Å²) >= 11 is 0. The van der Waals surface area contributed by atoms with Gasteiger partial charge in [0.15, 0.2) is 11.4 Å². The Kier molecular flexibility index (Phi) is 4.51. The number of ether oxygens (including phenoxy) is 1. The van der Waals surface area contributed by atoms with Gasteiger partial charge in [0.25, 0.3) is 0 Å². The maximum absolute atomic E-state index is 12.9. The largest absolute Gasteiger partial charge is 0.421 e. The summed E-state index contributed by atoms with van der Waals surface area (Å²) in [5.41, 5.74) is 3.86. The van der Waals surface area contributed by atoms with Crippen molar-refractivity contribution in [3.8, 4) is 11.5 Å². The molecule has 0 saturated carbocycles. The molecule has 164 valence electrons. The van der Waals surface area contributed by atoms with Crippen molar-refractivity contribution in [3.63, 3.8) is 0 Å². The summed E-state index contributed by atoms with van der Waals surface area (Å²) in [4.78, 5) is 26.8. The fourth-order valence-corrected chi connectivity index (χ4v) is 4.70. The minimum absolute atomic E-state index is 0.340. The van der Waals surface area contributed by atoms with E-state index in [4.69, 9.17) is 9.15 Å². The lowest BCUT2D eigenvalue weighted by molar-refractivity contribution is -0.0660. The molecule has 4 aromatic rings. The van der Waals surface area contributed by atoms with E-state index in [0.29, 0.717) is 22.9 Å². The zero-order valence-electron chi connectivity index (χ0n) is 18.2. The molecule has 5 heterocycles. The lowest BCUT2D eigenvalue weighted by Gasteiger charge is -2.43. The van der Waals surface area contributed by atoms with Gasteiger partial charge in [0, 0.05) is 44.3 Å². The summed E-state index contributed by atoms with van der Waals surface area (Å²) in [5.74, 6) is 0.465. The van der Waals surface area contributed by atoms with E-state index in [1.165, 1.54) is 0 Å². The van der Waals surface area contributed by atoms with Gasteiger partial charge in [-0.05, 0) is 37.4 Å². The van der Waals surface area contributed by atoms with Gasteiger partial charge in [0.05, 0.1) is 36.0 Å². The van der Waals surface area contributed by atoms with E-state index in [-0.39, 0.29) is 5.63 Å². The maximum atomic E-state index is 12.9. The quantitative estimate of drug-likeness (QED) is 0.494. The summed E-state index contributed by atoms with van der Waals surface area (Å²) in [7, 11) is 0. The summed E-state index contributed by atoms with van der Waals surface area (Å²) in [6.45, 7) is 9.49. The van der Waals surface area contributed by atoms with Gasteiger partial charge >= 0.3 is 5.63 Å². The number of nitrogens with zero attached hydrogens (tertiary/aromatic N) is 5.